The molecule has 0 spiro atoms. The van der Waals surface area contributed by atoms with E-state index in [1.54, 1.807) is 0 Å². The fourth-order valence-electron chi connectivity index (χ4n) is 10.8. The van der Waals surface area contributed by atoms with Crippen LogP contribution in [0.25, 0.3) is 131 Å². The van der Waals surface area contributed by atoms with Crippen LogP contribution in [0.15, 0.2) is 243 Å². The Morgan fingerprint density at radius 1 is 0.156 bits per heavy atom. The predicted molar refractivity (Wildman–Crippen MR) is 276 cm³/mol. The average Bonchev–Trinajstić information content (AvgIpc) is 3.37. The number of hydrogen-bond donors (Lipinski definition) is 0. The summed E-state index contributed by atoms with van der Waals surface area (Å²) in [5.41, 5.74) is 12.5. The van der Waals surface area contributed by atoms with E-state index >= 15 is 0 Å². The van der Waals surface area contributed by atoms with Gasteiger partial charge in [-0.3, -0.25) is 0 Å². The van der Waals surface area contributed by atoms with Gasteiger partial charge >= 0.3 is 0 Å². The van der Waals surface area contributed by atoms with E-state index < -0.39 is 0 Å². The summed E-state index contributed by atoms with van der Waals surface area (Å²) in [5.74, 6) is 0. The third-order valence-corrected chi connectivity index (χ3v) is 13.6. The molecule has 0 unspecified atom stereocenters. The highest BCUT2D eigenvalue weighted by Gasteiger charge is 2.21. The molecule has 0 nitrogen and oxygen atoms in total. The Bertz CT molecular complexity index is 3930. The van der Waals surface area contributed by atoms with Crippen molar-refractivity contribution in [2.24, 2.45) is 0 Å². The fourth-order valence-corrected chi connectivity index (χ4v) is 10.8. The standard InChI is InChI=1S/C64H40/c1-4-22-47-42(16-1)19-13-31-50(47)62-55-27-9-7-25-53(55)61(54-26-8-10-28-56(54)62)45-36-34-41(35-37-45)46-38-39-59-60(40-46)64(52-33-15-21-44-18-3-6-24-49(44)52)58-30-12-11-29-57(58)63(59)51-32-14-20-43-17-2-5-23-48(43)51/h1-40H. The van der Waals surface area contributed by atoms with E-state index in [1.165, 1.54) is 131 Å². The minimum atomic E-state index is 1.19. The second kappa shape index (κ2) is 14.7. The number of hydrogen-bond acceptors (Lipinski definition) is 0. The molecule has 0 saturated heterocycles. The van der Waals surface area contributed by atoms with Crippen LogP contribution in [0.3, 0.4) is 0 Å². The van der Waals surface area contributed by atoms with Gasteiger partial charge in [0.2, 0.25) is 0 Å². The molecule has 13 rings (SSSR count). The van der Waals surface area contributed by atoms with Crippen LogP contribution in [0.5, 0.6) is 0 Å². The van der Waals surface area contributed by atoms with Crippen LogP contribution < -0.4 is 0 Å². The van der Waals surface area contributed by atoms with Crippen molar-refractivity contribution in [3.05, 3.63) is 243 Å². The topological polar surface area (TPSA) is 0 Å². The second-order valence-corrected chi connectivity index (χ2v) is 17.1. The van der Waals surface area contributed by atoms with Gasteiger partial charge in [-0.05, 0) is 137 Å². The molecule has 0 bridgehead atoms. The van der Waals surface area contributed by atoms with Gasteiger partial charge < -0.3 is 0 Å². The zero-order valence-corrected chi connectivity index (χ0v) is 35.1. The SMILES string of the molecule is c1ccc2c(-c3c4ccccc4c(-c4ccc(-c5ccc6c(-c7cccc8ccccc78)c7ccccc7c(-c7cccc8ccccc78)c6c5)cc4)c4ccccc34)cccc2c1. The van der Waals surface area contributed by atoms with E-state index in [2.05, 4.69) is 243 Å². The van der Waals surface area contributed by atoms with Crippen molar-refractivity contribution in [2.75, 3.05) is 0 Å². The molecule has 64 heavy (non-hydrogen) atoms. The maximum Gasteiger partial charge on any atom is -0.00199 e. The molecular weight excluding hydrogens is 769 g/mol. The highest BCUT2D eigenvalue weighted by molar-refractivity contribution is 6.26. The Hall–Kier alpha value is -8.32. The van der Waals surface area contributed by atoms with Crippen molar-refractivity contribution in [1.29, 1.82) is 0 Å². The molecule has 296 valence electrons. The first-order valence-electron chi connectivity index (χ1n) is 22.3. The van der Waals surface area contributed by atoms with Crippen LogP contribution in [0.4, 0.5) is 0 Å². The minimum absolute atomic E-state index is 1.19. The lowest BCUT2D eigenvalue weighted by Gasteiger charge is -2.20. The van der Waals surface area contributed by atoms with Gasteiger partial charge in [0.1, 0.15) is 0 Å². The molecule has 0 aromatic heterocycles. The largest absolute Gasteiger partial charge is 0.0616 e. The van der Waals surface area contributed by atoms with E-state index in [9.17, 15) is 0 Å². The van der Waals surface area contributed by atoms with Crippen LogP contribution in [-0.4, -0.2) is 0 Å². The van der Waals surface area contributed by atoms with Gasteiger partial charge in [0.25, 0.3) is 0 Å². The maximum absolute atomic E-state index is 2.45. The molecule has 0 heteroatoms. The molecule has 0 aliphatic heterocycles. The molecule has 0 aliphatic rings. The lowest BCUT2D eigenvalue weighted by atomic mass is 9.82. The Labute approximate surface area is 371 Å². The highest BCUT2D eigenvalue weighted by Crippen LogP contribution is 2.49. The van der Waals surface area contributed by atoms with Crippen molar-refractivity contribution in [3.8, 4) is 55.6 Å². The normalized spacial score (nSPS) is 11.8. The summed E-state index contributed by atoms with van der Waals surface area (Å²) in [6.45, 7) is 0. The first-order valence-corrected chi connectivity index (χ1v) is 22.3. The van der Waals surface area contributed by atoms with E-state index in [-0.39, 0.29) is 0 Å². The molecule has 0 heterocycles. The van der Waals surface area contributed by atoms with Gasteiger partial charge in [-0.15, -0.1) is 0 Å². The van der Waals surface area contributed by atoms with Crippen LogP contribution in [0.2, 0.25) is 0 Å². The molecule has 0 amide bonds. The van der Waals surface area contributed by atoms with Gasteiger partial charge in [-0.1, -0.05) is 237 Å². The Morgan fingerprint density at radius 3 is 0.844 bits per heavy atom. The number of fused-ring (bicyclic) bond motifs is 7. The zero-order valence-electron chi connectivity index (χ0n) is 35.1. The highest BCUT2D eigenvalue weighted by atomic mass is 14.2. The quantitative estimate of drug-likeness (QED) is 0.152. The van der Waals surface area contributed by atoms with E-state index in [1.807, 2.05) is 0 Å². The number of benzene rings is 13. The molecule has 0 radical (unpaired) electrons. The molecule has 0 saturated carbocycles. The van der Waals surface area contributed by atoms with Crippen molar-refractivity contribution in [3.63, 3.8) is 0 Å². The predicted octanol–water partition coefficient (Wildman–Crippen LogP) is 18.1. The van der Waals surface area contributed by atoms with Gasteiger partial charge in [0.05, 0.1) is 0 Å². The van der Waals surface area contributed by atoms with E-state index in [4.69, 9.17) is 0 Å². The average molecular weight is 809 g/mol. The maximum atomic E-state index is 2.45. The van der Waals surface area contributed by atoms with E-state index in [0.717, 1.165) is 0 Å². The van der Waals surface area contributed by atoms with E-state index in [0.29, 0.717) is 0 Å². The first kappa shape index (κ1) is 36.3. The third-order valence-electron chi connectivity index (χ3n) is 13.6. The molecule has 0 atom stereocenters. The first-order chi connectivity index (χ1) is 31.8. The fraction of sp³-hybridized carbons (Fsp3) is 0. The molecule has 0 fully saturated rings. The Balaban J connectivity index is 1.03. The summed E-state index contributed by atoms with van der Waals surface area (Å²) >= 11 is 0. The number of rotatable bonds is 5. The molecule has 13 aromatic rings. The molecule has 13 aromatic carbocycles. The Kier molecular flexibility index (Phi) is 8.32. The van der Waals surface area contributed by atoms with Crippen molar-refractivity contribution in [1.82, 2.24) is 0 Å². The van der Waals surface area contributed by atoms with Crippen LogP contribution in [-0.2, 0) is 0 Å². The summed E-state index contributed by atoms with van der Waals surface area (Å²) in [4.78, 5) is 0. The molecule has 0 N–H and O–H groups in total. The smallest absolute Gasteiger partial charge is 0.00199 e. The molecule has 0 aliphatic carbocycles. The summed E-state index contributed by atoms with van der Waals surface area (Å²) in [6.07, 6.45) is 0. The second-order valence-electron chi connectivity index (χ2n) is 17.1. The van der Waals surface area contributed by atoms with Crippen LogP contribution in [0.1, 0.15) is 0 Å². The van der Waals surface area contributed by atoms with Crippen LogP contribution in [0, 0.1) is 0 Å². The van der Waals surface area contributed by atoms with Crippen molar-refractivity contribution < 1.29 is 0 Å². The monoisotopic (exact) mass is 808 g/mol. The lowest BCUT2D eigenvalue weighted by Crippen LogP contribution is -1.93. The van der Waals surface area contributed by atoms with Crippen molar-refractivity contribution >= 4 is 75.4 Å². The van der Waals surface area contributed by atoms with Gasteiger partial charge in [-0.2, -0.15) is 0 Å². The third kappa shape index (κ3) is 5.63. The van der Waals surface area contributed by atoms with Gasteiger partial charge in [-0.25, -0.2) is 0 Å². The van der Waals surface area contributed by atoms with Crippen molar-refractivity contribution in [2.45, 2.75) is 0 Å². The van der Waals surface area contributed by atoms with Gasteiger partial charge in [0.15, 0.2) is 0 Å². The summed E-state index contributed by atoms with van der Waals surface area (Å²) < 4.78 is 0. The zero-order chi connectivity index (χ0) is 42.1. The Morgan fingerprint density at radius 2 is 0.438 bits per heavy atom. The lowest BCUT2D eigenvalue weighted by molar-refractivity contribution is 1.63. The minimum Gasteiger partial charge on any atom is -0.0616 e. The van der Waals surface area contributed by atoms with Gasteiger partial charge in [0, 0.05) is 0 Å². The summed E-state index contributed by atoms with van der Waals surface area (Å²) in [7, 11) is 0. The molecular formula is C64H40. The summed E-state index contributed by atoms with van der Waals surface area (Å²) in [5, 5.41) is 17.6. The van der Waals surface area contributed by atoms with Crippen LogP contribution >= 0.6 is 0 Å². The summed E-state index contributed by atoms with van der Waals surface area (Å²) in [6, 6.07) is 89.9.